The highest BCUT2D eigenvalue weighted by Crippen LogP contribution is 2.00. The summed E-state index contributed by atoms with van der Waals surface area (Å²) in [7, 11) is -1.19. The molecule has 3 heteroatoms. The first-order chi connectivity index (χ1) is 6.88. The zero-order valence-electron chi connectivity index (χ0n) is 8.78. The van der Waals surface area contributed by atoms with Crippen LogP contribution in [0.1, 0.15) is 13.3 Å². The minimum absolute atomic E-state index is 0.767. The second-order valence-electron chi connectivity index (χ2n) is 3.29. The smallest absolute Gasteiger partial charge is 0.208 e. The lowest BCUT2D eigenvalue weighted by molar-refractivity contribution is 0.349. The van der Waals surface area contributed by atoms with E-state index < -0.39 is 9.04 Å². The molecule has 0 aliphatic carbocycles. The molecule has 2 N–H and O–H groups in total. The molecule has 0 heterocycles. The van der Waals surface area contributed by atoms with Crippen molar-refractivity contribution >= 4 is 14.2 Å². The Kier molecular flexibility index (Phi) is 5.52. The molecule has 1 aromatic carbocycles. The van der Waals surface area contributed by atoms with Crippen molar-refractivity contribution in [1.82, 2.24) is 0 Å². The van der Waals surface area contributed by atoms with Crippen molar-refractivity contribution in [2.24, 2.45) is 5.73 Å². The fraction of sp³-hybridized carbons (Fsp3) is 0.455. The topological polar surface area (TPSA) is 35.2 Å². The normalized spacial score (nSPS) is 12.7. The molecule has 14 heavy (non-hydrogen) atoms. The van der Waals surface area contributed by atoms with E-state index in [1.807, 2.05) is 6.07 Å². The average Bonchev–Trinajstić information content (AvgIpc) is 2.25. The molecule has 0 fully saturated rings. The van der Waals surface area contributed by atoms with Crippen LogP contribution in [0.3, 0.4) is 0 Å². The molecule has 0 bridgehead atoms. The van der Waals surface area contributed by atoms with Crippen LogP contribution in [0.15, 0.2) is 30.3 Å². The van der Waals surface area contributed by atoms with E-state index >= 15 is 0 Å². The predicted octanol–water partition coefficient (Wildman–Crippen LogP) is 1.00. The van der Waals surface area contributed by atoms with Crippen LogP contribution in [0.4, 0.5) is 0 Å². The van der Waals surface area contributed by atoms with Crippen molar-refractivity contribution in [3.63, 3.8) is 0 Å². The summed E-state index contributed by atoms with van der Waals surface area (Å²) >= 11 is 0. The molecule has 78 valence electrons. The van der Waals surface area contributed by atoms with Gasteiger partial charge in [0, 0.05) is 6.61 Å². The first-order valence-electron chi connectivity index (χ1n) is 5.25. The molecule has 0 aliphatic rings. The van der Waals surface area contributed by atoms with Gasteiger partial charge in [-0.3, -0.25) is 0 Å². The van der Waals surface area contributed by atoms with Crippen molar-refractivity contribution in [2.45, 2.75) is 19.4 Å². The van der Waals surface area contributed by atoms with E-state index in [1.54, 1.807) is 0 Å². The van der Waals surface area contributed by atoms with E-state index in [2.05, 4.69) is 31.2 Å². The number of hydrogen-bond acceptors (Lipinski definition) is 2. The van der Waals surface area contributed by atoms with Crippen LogP contribution in [0.2, 0.25) is 6.04 Å². The van der Waals surface area contributed by atoms with Gasteiger partial charge in [-0.1, -0.05) is 30.3 Å². The Labute approximate surface area is 87.8 Å². The number of benzene rings is 1. The van der Waals surface area contributed by atoms with Gasteiger partial charge in [-0.15, -0.1) is 0 Å². The molecule has 1 aromatic rings. The Balaban J connectivity index is 2.58. The fourth-order valence-corrected chi connectivity index (χ4v) is 3.87. The Bertz CT molecular complexity index is 240. The maximum Gasteiger partial charge on any atom is 0.208 e. The van der Waals surface area contributed by atoms with Crippen molar-refractivity contribution in [3.05, 3.63) is 30.3 Å². The molecule has 0 saturated carbocycles. The third-order valence-electron chi connectivity index (χ3n) is 2.21. The Morgan fingerprint density at radius 2 is 2.00 bits per heavy atom. The van der Waals surface area contributed by atoms with E-state index in [1.165, 1.54) is 5.19 Å². The second-order valence-corrected chi connectivity index (χ2v) is 5.84. The zero-order valence-corrected chi connectivity index (χ0v) is 9.93. The van der Waals surface area contributed by atoms with Gasteiger partial charge in [-0.25, -0.2) is 0 Å². The Morgan fingerprint density at radius 1 is 1.29 bits per heavy atom. The van der Waals surface area contributed by atoms with E-state index in [0.29, 0.717) is 0 Å². The van der Waals surface area contributed by atoms with Crippen LogP contribution in [-0.2, 0) is 4.43 Å². The molecular weight excluding hydrogens is 190 g/mol. The minimum Gasteiger partial charge on any atom is -0.416 e. The van der Waals surface area contributed by atoms with Gasteiger partial charge in [-0.2, -0.15) is 0 Å². The predicted molar refractivity (Wildman–Crippen MR) is 63.3 cm³/mol. The molecule has 0 radical (unpaired) electrons. The molecule has 1 atom stereocenters. The minimum atomic E-state index is -1.19. The van der Waals surface area contributed by atoms with Crippen molar-refractivity contribution < 1.29 is 4.43 Å². The lowest BCUT2D eigenvalue weighted by Crippen LogP contribution is -2.33. The molecule has 1 rings (SSSR count). The van der Waals surface area contributed by atoms with Crippen LogP contribution in [0.25, 0.3) is 0 Å². The van der Waals surface area contributed by atoms with Crippen LogP contribution in [0, 0.1) is 0 Å². The molecule has 0 aliphatic heterocycles. The fourth-order valence-electron chi connectivity index (χ4n) is 1.52. The quantitative estimate of drug-likeness (QED) is 0.710. The summed E-state index contributed by atoms with van der Waals surface area (Å²) in [6, 6.07) is 11.7. The van der Waals surface area contributed by atoms with Gasteiger partial charge in [0.15, 0.2) is 0 Å². The van der Waals surface area contributed by atoms with E-state index in [-0.39, 0.29) is 0 Å². The van der Waals surface area contributed by atoms with Gasteiger partial charge in [0.1, 0.15) is 0 Å². The molecular formula is C11H19NOSi. The highest BCUT2D eigenvalue weighted by molar-refractivity contribution is 6.67. The van der Waals surface area contributed by atoms with E-state index in [4.69, 9.17) is 10.2 Å². The summed E-state index contributed by atoms with van der Waals surface area (Å²) in [5.74, 6) is 0. The average molecular weight is 209 g/mol. The first-order valence-corrected chi connectivity index (χ1v) is 7.11. The third-order valence-corrected chi connectivity index (χ3v) is 5.01. The summed E-state index contributed by atoms with van der Waals surface area (Å²) < 4.78 is 5.81. The summed E-state index contributed by atoms with van der Waals surface area (Å²) in [6.45, 7) is 3.64. The van der Waals surface area contributed by atoms with Crippen molar-refractivity contribution in [3.8, 4) is 0 Å². The van der Waals surface area contributed by atoms with E-state index in [9.17, 15) is 0 Å². The number of nitrogens with two attached hydrogens (primary N) is 1. The molecule has 0 amide bonds. The summed E-state index contributed by atoms with van der Waals surface area (Å²) in [6.07, 6.45) is 1.08. The molecule has 0 aromatic heterocycles. The SMILES string of the molecule is CCO[SiH](CCCN)c1ccccc1. The largest absolute Gasteiger partial charge is 0.416 e. The summed E-state index contributed by atoms with van der Waals surface area (Å²) in [5, 5.41) is 1.39. The lowest BCUT2D eigenvalue weighted by atomic mass is 10.4. The van der Waals surface area contributed by atoms with Gasteiger partial charge in [0.2, 0.25) is 9.04 Å². The maximum absolute atomic E-state index is 5.81. The van der Waals surface area contributed by atoms with Crippen LogP contribution < -0.4 is 10.9 Å². The molecule has 2 nitrogen and oxygen atoms in total. The standard InChI is InChI=1S/C11H19NOSi/c1-2-13-14(10-6-9-12)11-7-4-3-5-8-11/h3-5,7-8,14H,2,6,9-10,12H2,1H3. The van der Waals surface area contributed by atoms with Gasteiger partial charge in [0.05, 0.1) is 0 Å². The lowest BCUT2D eigenvalue weighted by Gasteiger charge is -2.14. The van der Waals surface area contributed by atoms with Crippen molar-refractivity contribution in [1.29, 1.82) is 0 Å². The summed E-state index contributed by atoms with van der Waals surface area (Å²) in [4.78, 5) is 0. The monoisotopic (exact) mass is 209 g/mol. The van der Waals surface area contributed by atoms with Crippen LogP contribution >= 0.6 is 0 Å². The molecule has 0 spiro atoms. The Hall–Kier alpha value is -0.643. The third kappa shape index (κ3) is 3.62. The molecule has 1 unspecified atom stereocenters. The highest BCUT2D eigenvalue weighted by atomic mass is 28.3. The van der Waals surface area contributed by atoms with Gasteiger partial charge in [-0.05, 0) is 31.1 Å². The first kappa shape index (κ1) is 11.4. The Morgan fingerprint density at radius 3 is 2.57 bits per heavy atom. The maximum atomic E-state index is 5.81. The van der Waals surface area contributed by atoms with Crippen LogP contribution in [-0.4, -0.2) is 22.2 Å². The van der Waals surface area contributed by atoms with Gasteiger partial charge < -0.3 is 10.2 Å². The van der Waals surface area contributed by atoms with Gasteiger partial charge in [0.25, 0.3) is 0 Å². The highest BCUT2D eigenvalue weighted by Gasteiger charge is 2.12. The number of rotatable bonds is 6. The van der Waals surface area contributed by atoms with E-state index in [0.717, 1.165) is 25.6 Å². The van der Waals surface area contributed by atoms with Crippen LogP contribution in [0.5, 0.6) is 0 Å². The summed E-state index contributed by atoms with van der Waals surface area (Å²) in [5.41, 5.74) is 5.52. The van der Waals surface area contributed by atoms with Gasteiger partial charge >= 0.3 is 0 Å². The molecule has 0 saturated heterocycles. The van der Waals surface area contributed by atoms with Crippen molar-refractivity contribution in [2.75, 3.05) is 13.2 Å². The zero-order chi connectivity index (χ0) is 10.2. The number of hydrogen-bond donors (Lipinski definition) is 1. The second kappa shape index (κ2) is 6.76.